The Hall–Kier alpha value is -2.14. The number of halogens is 5. The topological polar surface area (TPSA) is 118 Å². The number of benzene rings is 2. The molecule has 0 fully saturated rings. The van der Waals surface area contributed by atoms with Crippen molar-refractivity contribution in [3.05, 3.63) is 97.1 Å². The number of aliphatic hydroxyl groups is 3. The lowest BCUT2D eigenvalue weighted by Crippen LogP contribution is -2.42. The first-order valence-electron chi connectivity index (χ1n) is 20.5. The number of aliphatic hydroxyl groups excluding tert-OH is 3. The Morgan fingerprint density at radius 3 is 1.47 bits per heavy atom. The SMILES string of the molecule is C=CC[C@@H](CO)CCCCl.C=CC[C@H](CCCCl)C(=O)N(C)[C@H](C)[C@H](O)c1ccccc1.C[C@H]([C@H](O)c1ccccc1)N(C)C(=O)CCCCCl.O=C(Cl)CCCCCl. The second-order valence-electron chi connectivity index (χ2n) is 14.3. The fourth-order valence-corrected chi connectivity index (χ4v) is 6.47. The highest BCUT2D eigenvalue weighted by Gasteiger charge is 2.28. The molecule has 0 aliphatic heterocycles. The van der Waals surface area contributed by atoms with E-state index in [2.05, 4.69) is 13.2 Å². The molecule has 13 heteroatoms. The Bertz CT molecular complexity index is 1360. The van der Waals surface area contributed by atoms with Crippen LogP contribution in [0.15, 0.2) is 86.0 Å². The minimum atomic E-state index is -0.701. The maximum absolute atomic E-state index is 12.6. The minimum absolute atomic E-state index is 0.0347. The smallest absolute Gasteiger partial charge is 0.226 e. The fourth-order valence-electron chi connectivity index (χ4n) is 5.65. The molecule has 2 amide bonds. The van der Waals surface area contributed by atoms with Crippen LogP contribution < -0.4 is 0 Å². The number of hydrogen-bond donors (Lipinski definition) is 3. The van der Waals surface area contributed by atoms with E-state index in [0.29, 0.717) is 48.7 Å². The molecule has 2 aromatic rings. The van der Waals surface area contributed by atoms with Crippen molar-refractivity contribution in [1.29, 1.82) is 0 Å². The Labute approximate surface area is 380 Å². The largest absolute Gasteiger partial charge is 0.396 e. The standard InChI is InChI=1S/C18H26ClNO2.C15H22ClNO2.C8H15ClO.C5H8Cl2O/c1-4-9-16(12-8-13-19)18(22)20(3)14(2)17(21)15-10-6-5-7-11-15;1-12(15(19)13-8-4-3-5-9-13)17(2)14(18)10-6-7-11-16;1-2-4-8(7-10)5-3-6-9;6-4-2-1-3-5(7)8/h4-7,10-11,14,16-17,21H,1,8-9,12-13H2,2-3H3;3-5,8-9,12,15,19H,6-7,10-11H2,1-2H3;2,8,10H,1,3-7H2;1-4H2/t14-,16-,17+;12-,15+;8-;/m111./s1. The van der Waals surface area contributed by atoms with Crippen LogP contribution in [0.1, 0.15) is 114 Å². The van der Waals surface area contributed by atoms with Crippen LogP contribution in [0.5, 0.6) is 0 Å². The molecule has 0 radical (unpaired) electrons. The number of nitrogens with zero attached hydrogens (tertiary/aromatic N) is 2. The molecule has 2 rings (SSSR count). The molecule has 0 bridgehead atoms. The molecule has 0 spiro atoms. The summed E-state index contributed by atoms with van der Waals surface area (Å²) in [5.74, 6) is 2.77. The Morgan fingerprint density at radius 2 is 1.07 bits per heavy atom. The van der Waals surface area contributed by atoms with Crippen molar-refractivity contribution >= 4 is 75.1 Å². The maximum Gasteiger partial charge on any atom is 0.226 e. The van der Waals surface area contributed by atoms with Crippen molar-refractivity contribution < 1.29 is 29.7 Å². The highest BCUT2D eigenvalue weighted by atomic mass is 35.5. The van der Waals surface area contributed by atoms with Crippen molar-refractivity contribution in [2.24, 2.45) is 11.8 Å². The number of unbranched alkanes of at least 4 members (excludes halogenated alkanes) is 2. The lowest BCUT2D eigenvalue weighted by molar-refractivity contribution is -0.138. The van der Waals surface area contributed by atoms with E-state index < -0.39 is 12.2 Å². The van der Waals surface area contributed by atoms with Gasteiger partial charge < -0.3 is 25.1 Å². The number of allylic oxidation sites excluding steroid dienone is 2. The number of amides is 2. The molecule has 0 saturated heterocycles. The third kappa shape index (κ3) is 28.2. The quantitative estimate of drug-likeness (QED) is 0.0374. The number of carbonyl (C=O) groups is 3. The van der Waals surface area contributed by atoms with E-state index in [9.17, 15) is 24.6 Å². The van der Waals surface area contributed by atoms with Gasteiger partial charge in [-0.05, 0) is 107 Å². The Balaban J connectivity index is 0. The van der Waals surface area contributed by atoms with Gasteiger partial charge >= 0.3 is 0 Å². The molecule has 0 unspecified atom stereocenters. The molecule has 0 aromatic heterocycles. The van der Waals surface area contributed by atoms with Gasteiger partial charge in [0.15, 0.2) is 0 Å². The molecule has 2 aromatic carbocycles. The summed E-state index contributed by atoms with van der Waals surface area (Å²) >= 11 is 27.2. The molecule has 336 valence electrons. The predicted octanol–water partition coefficient (Wildman–Crippen LogP) is 11.1. The first-order chi connectivity index (χ1) is 28.2. The zero-order valence-corrected chi connectivity index (χ0v) is 39.5. The molecule has 0 saturated carbocycles. The average molecular weight is 925 g/mol. The van der Waals surface area contributed by atoms with Crippen LogP contribution in [0.2, 0.25) is 0 Å². The zero-order chi connectivity index (χ0) is 45.0. The van der Waals surface area contributed by atoms with Gasteiger partial charge in [0.1, 0.15) is 0 Å². The van der Waals surface area contributed by atoms with Gasteiger partial charge in [0, 0.05) is 63.0 Å². The summed E-state index contributed by atoms with van der Waals surface area (Å²) < 4.78 is 0. The lowest BCUT2D eigenvalue weighted by Gasteiger charge is -2.32. The monoisotopic (exact) mass is 922 g/mol. The molecule has 0 aliphatic carbocycles. The fraction of sp³-hybridized carbons (Fsp3) is 0.587. The second-order valence-corrected chi connectivity index (χ2v) is 16.2. The van der Waals surface area contributed by atoms with Gasteiger partial charge in [-0.2, -0.15) is 0 Å². The Kier molecular flexibility index (Phi) is 38.7. The minimum Gasteiger partial charge on any atom is -0.396 e. The number of alkyl halides is 4. The number of hydrogen-bond acceptors (Lipinski definition) is 6. The summed E-state index contributed by atoms with van der Waals surface area (Å²) in [7, 11) is 3.48. The van der Waals surface area contributed by atoms with Crippen LogP contribution >= 0.6 is 58.0 Å². The van der Waals surface area contributed by atoms with E-state index in [1.807, 2.05) is 80.6 Å². The van der Waals surface area contributed by atoms with Gasteiger partial charge in [0.2, 0.25) is 17.1 Å². The number of likely N-dealkylation sites (N-methyl/N-ethyl adjacent to an activating group) is 2. The third-order valence-corrected chi connectivity index (χ3v) is 10.9. The van der Waals surface area contributed by atoms with Gasteiger partial charge in [-0.25, -0.2) is 0 Å². The van der Waals surface area contributed by atoms with E-state index in [1.54, 1.807) is 30.0 Å². The van der Waals surface area contributed by atoms with Crippen molar-refractivity contribution in [2.45, 2.75) is 115 Å². The Morgan fingerprint density at radius 1 is 0.644 bits per heavy atom. The molecular formula is C46H71Cl5N2O6. The van der Waals surface area contributed by atoms with Crippen molar-refractivity contribution in [1.82, 2.24) is 9.80 Å². The number of carbonyl (C=O) groups excluding carboxylic acids is 3. The van der Waals surface area contributed by atoms with E-state index in [1.165, 1.54) is 0 Å². The van der Waals surface area contributed by atoms with E-state index in [4.69, 9.17) is 63.1 Å². The van der Waals surface area contributed by atoms with Gasteiger partial charge in [-0.1, -0.05) is 72.8 Å². The normalized spacial score (nSPS) is 13.5. The summed E-state index contributed by atoms with van der Waals surface area (Å²) in [6, 6.07) is 18.3. The predicted molar refractivity (Wildman–Crippen MR) is 251 cm³/mol. The first kappa shape index (κ1) is 59.0. The summed E-state index contributed by atoms with van der Waals surface area (Å²) in [5, 5.41) is 29.3. The summed E-state index contributed by atoms with van der Waals surface area (Å²) in [6.45, 7) is 11.3. The molecule has 0 aliphatic rings. The molecule has 6 atom stereocenters. The molecular weight excluding hydrogens is 854 g/mol. The highest BCUT2D eigenvalue weighted by Crippen LogP contribution is 2.24. The molecule has 59 heavy (non-hydrogen) atoms. The van der Waals surface area contributed by atoms with E-state index >= 15 is 0 Å². The van der Waals surface area contributed by atoms with Crippen LogP contribution in [0.4, 0.5) is 0 Å². The maximum atomic E-state index is 12.6. The lowest BCUT2D eigenvalue weighted by atomic mass is 9.96. The summed E-state index contributed by atoms with van der Waals surface area (Å²) in [6.07, 6.45) is 11.6. The van der Waals surface area contributed by atoms with Crippen LogP contribution in [0, 0.1) is 11.8 Å². The van der Waals surface area contributed by atoms with E-state index in [0.717, 1.165) is 68.9 Å². The average Bonchev–Trinajstić information content (AvgIpc) is 3.26. The van der Waals surface area contributed by atoms with Crippen molar-refractivity contribution in [3.63, 3.8) is 0 Å². The van der Waals surface area contributed by atoms with Crippen LogP contribution in [-0.2, 0) is 14.4 Å². The van der Waals surface area contributed by atoms with Crippen LogP contribution in [0.25, 0.3) is 0 Å². The van der Waals surface area contributed by atoms with Gasteiger partial charge in [0.25, 0.3) is 0 Å². The zero-order valence-electron chi connectivity index (χ0n) is 35.7. The molecule has 3 N–H and O–H groups in total. The van der Waals surface area contributed by atoms with Gasteiger partial charge in [-0.3, -0.25) is 14.4 Å². The van der Waals surface area contributed by atoms with Crippen LogP contribution in [-0.4, -0.2) is 98.5 Å². The van der Waals surface area contributed by atoms with Crippen molar-refractivity contribution in [3.8, 4) is 0 Å². The first-order valence-corrected chi connectivity index (χ1v) is 23.0. The van der Waals surface area contributed by atoms with Gasteiger partial charge in [-0.15, -0.1) is 59.6 Å². The summed E-state index contributed by atoms with van der Waals surface area (Å²) in [5.41, 5.74) is 1.64. The van der Waals surface area contributed by atoms with E-state index in [-0.39, 0.29) is 41.7 Å². The van der Waals surface area contributed by atoms with Crippen molar-refractivity contribution in [2.75, 3.05) is 44.2 Å². The van der Waals surface area contributed by atoms with Gasteiger partial charge in [0.05, 0.1) is 24.3 Å². The highest BCUT2D eigenvalue weighted by molar-refractivity contribution is 6.63. The third-order valence-electron chi connectivity index (χ3n) is 9.68. The summed E-state index contributed by atoms with van der Waals surface area (Å²) in [4.78, 5) is 37.9. The second kappa shape index (κ2) is 38.8. The number of rotatable bonds is 26. The molecule has 8 nitrogen and oxygen atoms in total. The van der Waals surface area contributed by atoms with Crippen LogP contribution in [0.3, 0.4) is 0 Å². The molecule has 0 heterocycles.